The van der Waals surface area contributed by atoms with Crippen molar-refractivity contribution in [1.29, 1.82) is 0 Å². The fourth-order valence-electron chi connectivity index (χ4n) is 2.99. The molecule has 0 aromatic heterocycles. The van der Waals surface area contributed by atoms with Gasteiger partial charge in [-0.1, -0.05) is 15.9 Å². The summed E-state index contributed by atoms with van der Waals surface area (Å²) in [5, 5.41) is 1.12. The number of ether oxygens (including phenoxy) is 1. The molecule has 0 aromatic carbocycles. The Morgan fingerprint density at radius 1 is 1.35 bits per heavy atom. The Morgan fingerprint density at radius 2 is 2.06 bits per heavy atom. The van der Waals surface area contributed by atoms with Crippen molar-refractivity contribution >= 4 is 15.9 Å². The molecule has 4 heteroatoms. The van der Waals surface area contributed by atoms with Crippen LogP contribution in [0.5, 0.6) is 0 Å². The molecule has 1 atom stereocenters. The summed E-state index contributed by atoms with van der Waals surface area (Å²) in [5.41, 5.74) is 0.458. The predicted molar refractivity (Wildman–Crippen MR) is 74.8 cm³/mol. The number of likely N-dealkylation sites (tertiary alicyclic amines) is 1. The second kappa shape index (κ2) is 6.00. The maximum Gasteiger partial charge on any atom is 0.0472 e. The minimum absolute atomic E-state index is 0.458. The maximum atomic E-state index is 5.50. The Labute approximate surface area is 114 Å². The molecule has 0 radical (unpaired) electrons. The van der Waals surface area contributed by atoms with Crippen LogP contribution in [0.2, 0.25) is 0 Å². The minimum Gasteiger partial charge on any atom is -0.381 e. The number of hydrogen-bond acceptors (Lipinski definition) is 3. The molecule has 2 saturated heterocycles. The molecule has 100 valence electrons. The van der Waals surface area contributed by atoms with Crippen LogP contribution in [-0.4, -0.2) is 68.1 Å². The molecule has 2 aliphatic heterocycles. The maximum absolute atomic E-state index is 5.50. The lowest BCUT2D eigenvalue weighted by atomic mass is 9.82. The zero-order valence-corrected chi connectivity index (χ0v) is 12.7. The van der Waals surface area contributed by atoms with Crippen LogP contribution in [0.15, 0.2) is 0 Å². The van der Waals surface area contributed by atoms with Crippen LogP contribution < -0.4 is 0 Å². The van der Waals surface area contributed by atoms with Crippen molar-refractivity contribution in [3.05, 3.63) is 0 Å². The third-order valence-electron chi connectivity index (χ3n) is 4.37. The highest BCUT2D eigenvalue weighted by molar-refractivity contribution is 9.09. The fraction of sp³-hybridized carbons (Fsp3) is 1.00. The number of halogens is 1. The molecule has 1 unspecified atom stereocenters. The first-order chi connectivity index (χ1) is 8.15. The third-order valence-corrected chi connectivity index (χ3v) is 5.56. The van der Waals surface area contributed by atoms with Gasteiger partial charge in [-0.15, -0.1) is 0 Å². The van der Waals surface area contributed by atoms with E-state index in [1.807, 2.05) is 0 Å². The van der Waals surface area contributed by atoms with Crippen LogP contribution in [0.1, 0.15) is 19.3 Å². The van der Waals surface area contributed by atoms with Crippen LogP contribution in [-0.2, 0) is 4.74 Å². The summed E-state index contributed by atoms with van der Waals surface area (Å²) in [6.07, 6.45) is 3.74. The number of nitrogens with zero attached hydrogens (tertiary/aromatic N) is 2. The van der Waals surface area contributed by atoms with Gasteiger partial charge in [0.15, 0.2) is 0 Å². The molecule has 0 spiro atoms. The van der Waals surface area contributed by atoms with Gasteiger partial charge in [0, 0.05) is 37.7 Å². The van der Waals surface area contributed by atoms with E-state index in [1.54, 1.807) is 0 Å². The Hall–Kier alpha value is 0.360. The van der Waals surface area contributed by atoms with Crippen LogP contribution in [0.25, 0.3) is 0 Å². The molecule has 2 aliphatic rings. The number of likely N-dealkylation sites (N-methyl/N-ethyl adjacent to an activating group) is 1. The predicted octanol–water partition coefficient (Wildman–Crippen LogP) is 1.81. The second-order valence-electron chi connectivity index (χ2n) is 5.89. The number of alkyl halides is 1. The van der Waals surface area contributed by atoms with Crippen LogP contribution in [0, 0.1) is 5.41 Å². The van der Waals surface area contributed by atoms with E-state index in [9.17, 15) is 0 Å². The SMILES string of the molecule is CN(C)C1CCN(CC2(CBr)CCOCC2)C1. The Balaban J connectivity index is 1.87. The highest BCUT2D eigenvalue weighted by atomic mass is 79.9. The molecule has 0 saturated carbocycles. The zero-order chi connectivity index (χ0) is 12.3. The van der Waals surface area contributed by atoms with Gasteiger partial charge in [0.2, 0.25) is 0 Å². The molecule has 17 heavy (non-hydrogen) atoms. The lowest BCUT2D eigenvalue weighted by Crippen LogP contribution is -2.43. The Morgan fingerprint density at radius 3 is 2.59 bits per heavy atom. The fourth-order valence-corrected chi connectivity index (χ4v) is 3.73. The smallest absolute Gasteiger partial charge is 0.0472 e. The Bertz CT molecular complexity index is 242. The van der Waals surface area contributed by atoms with E-state index in [2.05, 4.69) is 39.8 Å². The van der Waals surface area contributed by atoms with Gasteiger partial charge in [-0.05, 0) is 45.3 Å². The van der Waals surface area contributed by atoms with Crippen LogP contribution >= 0.6 is 15.9 Å². The first-order valence-corrected chi connectivity index (χ1v) is 7.80. The van der Waals surface area contributed by atoms with E-state index >= 15 is 0 Å². The molecule has 0 N–H and O–H groups in total. The summed E-state index contributed by atoms with van der Waals surface area (Å²) in [5.74, 6) is 0. The standard InChI is InChI=1S/C13H25BrN2O/c1-15(2)12-3-6-16(9-12)11-13(10-14)4-7-17-8-5-13/h12H,3-11H2,1-2H3. The van der Waals surface area contributed by atoms with E-state index in [0.717, 1.165) is 24.6 Å². The lowest BCUT2D eigenvalue weighted by molar-refractivity contribution is 0.0109. The molecular weight excluding hydrogens is 280 g/mol. The average molecular weight is 305 g/mol. The summed E-state index contributed by atoms with van der Waals surface area (Å²) < 4.78 is 5.50. The van der Waals surface area contributed by atoms with E-state index in [1.165, 1.54) is 38.9 Å². The van der Waals surface area contributed by atoms with Gasteiger partial charge in [0.1, 0.15) is 0 Å². The Kier molecular flexibility index (Phi) is 4.87. The molecule has 2 fully saturated rings. The summed E-state index contributed by atoms with van der Waals surface area (Å²) in [6, 6.07) is 0.752. The molecule has 2 rings (SSSR count). The first-order valence-electron chi connectivity index (χ1n) is 6.68. The quantitative estimate of drug-likeness (QED) is 0.737. The normalized spacial score (nSPS) is 30.0. The highest BCUT2D eigenvalue weighted by Crippen LogP contribution is 2.34. The molecule has 2 heterocycles. The second-order valence-corrected chi connectivity index (χ2v) is 6.45. The zero-order valence-electron chi connectivity index (χ0n) is 11.1. The van der Waals surface area contributed by atoms with Gasteiger partial charge in [-0.2, -0.15) is 0 Å². The van der Waals surface area contributed by atoms with Crippen molar-refractivity contribution in [1.82, 2.24) is 9.80 Å². The third kappa shape index (κ3) is 3.43. The van der Waals surface area contributed by atoms with Gasteiger partial charge in [-0.25, -0.2) is 0 Å². The minimum atomic E-state index is 0.458. The molecular formula is C13H25BrN2O. The van der Waals surface area contributed by atoms with E-state index in [4.69, 9.17) is 4.74 Å². The molecule has 0 aliphatic carbocycles. The number of hydrogen-bond donors (Lipinski definition) is 0. The van der Waals surface area contributed by atoms with E-state index in [-0.39, 0.29) is 0 Å². The van der Waals surface area contributed by atoms with Gasteiger partial charge in [0.25, 0.3) is 0 Å². The van der Waals surface area contributed by atoms with E-state index < -0.39 is 0 Å². The summed E-state index contributed by atoms with van der Waals surface area (Å²) in [7, 11) is 4.39. The average Bonchev–Trinajstić information content (AvgIpc) is 2.79. The van der Waals surface area contributed by atoms with Crippen molar-refractivity contribution in [2.45, 2.75) is 25.3 Å². The summed E-state index contributed by atoms with van der Waals surface area (Å²) in [6.45, 7) is 5.63. The molecule has 0 aromatic rings. The van der Waals surface area contributed by atoms with Crippen molar-refractivity contribution in [2.75, 3.05) is 52.3 Å². The van der Waals surface area contributed by atoms with Gasteiger partial charge >= 0.3 is 0 Å². The van der Waals surface area contributed by atoms with Gasteiger partial charge in [0.05, 0.1) is 0 Å². The summed E-state index contributed by atoms with van der Waals surface area (Å²) >= 11 is 3.73. The molecule has 0 amide bonds. The molecule has 0 bridgehead atoms. The van der Waals surface area contributed by atoms with Crippen LogP contribution in [0.3, 0.4) is 0 Å². The largest absolute Gasteiger partial charge is 0.381 e. The van der Waals surface area contributed by atoms with Crippen molar-refractivity contribution in [3.8, 4) is 0 Å². The molecule has 3 nitrogen and oxygen atoms in total. The van der Waals surface area contributed by atoms with Crippen LogP contribution in [0.4, 0.5) is 0 Å². The number of rotatable bonds is 4. The highest BCUT2D eigenvalue weighted by Gasteiger charge is 2.35. The van der Waals surface area contributed by atoms with E-state index in [0.29, 0.717) is 5.41 Å². The summed E-state index contributed by atoms with van der Waals surface area (Å²) in [4.78, 5) is 5.02. The van der Waals surface area contributed by atoms with Gasteiger partial charge < -0.3 is 14.5 Å². The first kappa shape index (κ1) is 13.8. The lowest BCUT2D eigenvalue weighted by Gasteiger charge is -2.39. The van der Waals surface area contributed by atoms with Crippen molar-refractivity contribution < 1.29 is 4.74 Å². The monoisotopic (exact) mass is 304 g/mol. The topological polar surface area (TPSA) is 15.7 Å². The van der Waals surface area contributed by atoms with Crippen molar-refractivity contribution in [3.63, 3.8) is 0 Å². The van der Waals surface area contributed by atoms with Crippen molar-refractivity contribution in [2.24, 2.45) is 5.41 Å². The van der Waals surface area contributed by atoms with Gasteiger partial charge in [-0.3, -0.25) is 0 Å².